The third-order valence-corrected chi connectivity index (χ3v) is 9.77. The molecule has 214 valence electrons. The Bertz CT molecular complexity index is 1540. The van der Waals surface area contributed by atoms with Crippen LogP contribution in [-0.2, 0) is 19.2 Å². The second-order valence-electron chi connectivity index (χ2n) is 11.3. The molecule has 6 atom stereocenters. The Balaban J connectivity index is 1.55. The van der Waals surface area contributed by atoms with E-state index in [2.05, 4.69) is 0 Å². The highest BCUT2D eigenvalue weighted by molar-refractivity contribution is 6.31. The fourth-order valence-corrected chi connectivity index (χ4v) is 7.83. The molecule has 2 aromatic rings. The number of aromatic hydroxyl groups is 1. The molecule has 2 aliphatic heterocycles. The molecule has 0 spiro atoms. The standard InChI is InChI=1S/C31H30ClFN2O6/c1-4-34-27(37)17-11-10-16-19(24(17)29(34)39)14-20-28(38)35(15-9-12-22(33)21(32)13-15)30(40)31(20,3)25(16)18-7-6-8-23(26(18)36)41-5-2/h6-10,12-13,17,19-20,24-25,36H,4-5,11,14H2,1-3H3/t17-,19+,20-,24-,25+,31+/m0/s1. The zero-order chi connectivity index (χ0) is 29.4. The number of hydrogen-bond donors (Lipinski definition) is 1. The average Bonchev–Trinajstić information content (AvgIpc) is 3.31. The van der Waals surface area contributed by atoms with Gasteiger partial charge in [0.05, 0.1) is 40.5 Å². The maximum atomic E-state index is 14.4. The van der Waals surface area contributed by atoms with Crippen molar-refractivity contribution >= 4 is 40.9 Å². The Morgan fingerprint density at radius 2 is 1.83 bits per heavy atom. The molecule has 0 unspecified atom stereocenters. The first-order chi connectivity index (χ1) is 19.6. The Kier molecular flexibility index (Phi) is 6.48. The van der Waals surface area contributed by atoms with Gasteiger partial charge >= 0.3 is 0 Å². The van der Waals surface area contributed by atoms with E-state index in [0.717, 1.165) is 16.5 Å². The SMILES string of the molecule is CCOc1cccc([C@H]2C3=CC[C@@H]4C(=O)N(CC)C(=O)[C@@H]4[C@@H]3C[C@H]3C(=O)N(c4ccc(F)c(Cl)c4)C(=O)[C@@]23C)c1O. The number of amides is 4. The monoisotopic (exact) mass is 580 g/mol. The van der Waals surface area contributed by atoms with Gasteiger partial charge in [-0.25, -0.2) is 9.29 Å². The van der Waals surface area contributed by atoms with Crippen LogP contribution in [-0.4, -0.2) is 46.8 Å². The zero-order valence-electron chi connectivity index (χ0n) is 22.9. The number of benzene rings is 2. The number of ether oxygens (including phenoxy) is 1. The van der Waals surface area contributed by atoms with Crippen LogP contribution in [0.15, 0.2) is 48.0 Å². The van der Waals surface area contributed by atoms with Crippen molar-refractivity contribution < 1.29 is 33.4 Å². The Hall–Kier alpha value is -3.72. The van der Waals surface area contributed by atoms with E-state index in [-0.39, 0.29) is 47.0 Å². The van der Waals surface area contributed by atoms with Crippen LogP contribution in [0.3, 0.4) is 0 Å². The van der Waals surface area contributed by atoms with Crippen LogP contribution >= 0.6 is 11.6 Å². The normalized spacial score (nSPS) is 30.8. The molecular formula is C31H30ClFN2O6. The van der Waals surface area contributed by atoms with Gasteiger partial charge in [0.1, 0.15) is 5.82 Å². The van der Waals surface area contributed by atoms with Crippen LogP contribution in [0, 0.1) is 34.9 Å². The molecule has 4 amide bonds. The van der Waals surface area contributed by atoms with Crippen molar-refractivity contribution in [2.24, 2.45) is 29.1 Å². The average molecular weight is 581 g/mol. The quantitative estimate of drug-likeness (QED) is 0.401. The molecule has 6 rings (SSSR count). The highest BCUT2D eigenvalue weighted by Gasteiger charge is 2.67. The molecule has 3 fully saturated rings. The van der Waals surface area contributed by atoms with Crippen molar-refractivity contribution in [1.82, 2.24) is 4.90 Å². The van der Waals surface area contributed by atoms with E-state index < -0.39 is 52.6 Å². The third-order valence-electron chi connectivity index (χ3n) is 9.48. The largest absolute Gasteiger partial charge is 0.504 e. The lowest BCUT2D eigenvalue weighted by molar-refractivity contribution is -0.140. The summed E-state index contributed by atoms with van der Waals surface area (Å²) in [5.74, 6) is -5.43. The van der Waals surface area contributed by atoms with Gasteiger partial charge in [0.15, 0.2) is 11.5 Å². The van der Waals surface area contributed by atoms with Gasteiger partial charge in [0.2, 0.25) is 23.6 Å². The number of phenols is 1. The highest BCUT2D eigenvalue weighted by atomic mass is 35.5. The number of likely N-dealkylation sites (tertiary alicyclic amines) is 1. The van der Waals surface area contributed by atoms with Gasteiger partial charge in [-0.1, -0.05) is 35.4 Å². The third kappa shape index (κ3) is 3.70. The van der Waals surface area contributed by atoms with E-state index >= 15 is 0 Å². The number of nitrogens with zero attached hydrogens (tertiary/aromatic N) is 2. The van der Waals surface area contributed by atoms with Crippen molar-refractivity contribution in [1.29, 1.82) is 0 Å². The van der Waals surface area contributed by atoms with Gasteiger partial charge in [-0.3, -0.25) is 24.1 Å². The minimum absolute atomic E-state index is 0.143. The lowest BCUT2D eigenvalue weighted by atomic mass is 9.51. The number of phenolic OH excluding ortho intramolecular Hbond substituents is 1. The van der Waals surface area contributed by atoms with Crippen molar-refractivity contribution in [3.05, 3.63) is 64.5 Å². The number of imide groups is 2. The van der Waals surface area contributed by atoms with E-state index in [1.165, 1.54) is 17.0 Å². The first kappa shape index (κ1) is 27.4. The molecule has 1 saturated carbocycles. The maximum Gasteiger partial charge on any atom is 0.241 e. The van der Waals surface area contributed by atoms with Gasteiger partial charge in [-0.2, -0.15) is 0 Å². The van der Waals surface area contributed by atoms with Crippen LogP contribution in [0.25, 0.3) is 0 Å². The molecule has 2 aromatic carbocycles. The molecule has 1 N–H and O–H groups in total. The number of carbonyl (C=O) groups excluding carboxylic acids is 4. The zero-order valence-corrected chi connectivity index (χ0v) is 23.7. The van der Waals surface area contributed by atoms with E-state index in [1.54, 1.807) is 39.0 Å². The summed E-state index contributed by atoms with van der Waals surface area (Å²) in [6.45, 7) is 5.81. The Labute approximate surface area is 241 Å². The van der Waals surface area contributed by atoms with Crippen molar-refractivity contribution in [2.45, 2.75) is 39.5 Å². The summed E-state index contributed by atoms with van der Waals surface area (Å²) in [7, 11) is 0. The molecule has 10 heteroatoms. The maximum absolute atomic E-state index is 14.4. The van der Waals surface area contributed by atoms with E-state index in [4.69, 9.17) is 16.3 Å². The predicted molar refractivity (Wildman–Crippen MR) is 148 cm³/mol. The van der Waals surface area contributed by atoms with Gasteiger partial charge in [-0.15, -0.1) is 0 Å². The van der Waals surface area contributed by atoms with Crippen molar-refractivity contribution in [3.8, 4) is 11.5 Å². The number of para-hydroxylation sites is 1. The molecule has 0 aromatic heterocycles. The van der Waals surface area contributed by atoms with Crippen molar-refractivity contribution in [3.63, 3.8) is 0 Å². The van der Waals surface area contributed by atoms with Gasteiger partial charge < -0.3 is 9.84 Å². The van der Waals surface area contributed by atoms with Crippen LogP contribution in [0.5, 0.6) is 11.5 Å². The molecule has 2 saturated heterocycles. The first-order valence-electron chi connectivity index (χ1n) is 13.9. The lowest BCUT2D eigenvalue weighted by Crippen LogP contribution is -2.48. The van der Waals surface area contributed by atoms with Gasteiger partial charge in [0.25, 0.3) is 0 Å². The number of halogens is 2. The smallest absolute Gasteiger partial charge is 0.241 e. The summed E-state index contributed by atoms with van der Waals surface area (Å²) in [4.78, 5) is 57.5. The first-order valence-corrected chi connectivity index (χ1v) is 14.3. The van der Waals surface area contributed by atoms with Crippen LogP contribution in [0.2, 0.25) is 5.02 Å². The Morgan fingerprint density at radius 1 is 1.07 bits per heavy atom. The summed E-state index contributed by atoms with van der Waals surface area (Å²) in [6.07, 6.45) is 2.42. The summed E-state index contributed by atoms with van der Waals surface area (Å²) in [5.41, 5.74) is -0.0478. The van der Waals surface area contributed by atoms with E-state index in [0.29, 0.717) is 18.6 Å². The van der Waals surface area contributed by atoms with Gasteiger partial charge in [-0.05, 0) is 63.8 Å². The van der Waals surface area contributed by atoms with E-state index in [9.17, 15) is 28.7 Å². The highest BCUT2D eigenvalue weighted by Crippen LogP contribution is 2.64. The minimum atomic E-state index is -1.36. The summed E-state index contributed by atoms with van der Waals surface area (Å²) < 4.78 is 19.7. The van der Waals surface area contributed by atoms with Crippen LogP contribution in [0.1, 0.15) is 45.1 Å². The topological polar surface area (TPSA) is 104 Å². The number of rotatable bonds is 5. The number of anilines is 1. The molecule has 4 aliphatic rings. The molecule has 2 heterocycles. The van der Waals surface area contributed by atoms with Crippen LogP contribution < -0.4 is 9.64 Å². The van der Waals surface area contributed by atoms with Crippen molar-refractivity contribution in [2.75, 3.05) is 18.1 Å². The fraction of sp³-hybridized carbons (Fsp3) is 0.419. The fourth-order valence-electron chi connectivity index (χ4n) is 7.65. The summed E-state index contributed by atoms with van der Waals surface area (Å²) in [5, 5.41) is 11.2. The number of hydrogen-bond acceptors (Lipinski definition) is 6. The molecular weight excluding hydrogens is 551 g/mol. The van der Waals surface area contributed by atoms with Gasteiger partial charge in [0, 0.05) is 18.0 Å². The summed E-state index contributed by atoms with van der Waals surface area (Å²) in [6, 6.07) is 8.73. The lowest BCUT2D eigenvalue weighted by Gasteiger charge is -2.49. The molecule has 0 bridgehead atoms. The summed E-state index contributed by atoms with van der Waals surface area (Å²) >= 11 is 6.03. The molecule has 8 nitrogen and oxygen atoms in total. The second-order valence-corrected chi connectivity index (χ2v) is 11.7. The predicted octanol–water partition coefficient (Wildman–Crippen LogP) is 4.83. The minimum Gasteiger partial charge on any atom is -0.504 e. The molecule has 0 radical (unpaired) electrons. The van der Waals surface area contributed by atoms with Crippen LogP contribution in [0.4, 0.5) is 10.1 Å². The Morgan fingerprint density at radius 3 is 2.51 bits per heavy atom. The number of allylic oxidation sites excluding steroid dienone is 2. The molecule has 41 heavy (non-hydrogen) atoms. The van der Waals surface area contributed by atoms with E-state index in [1.807, 2.05) is 6.08 Å². The number of carbonyl (C=O) groups is 4. The molecule has 2 aliphatic carbocycles. The second kappa shape index (κ2) is 9.69. The number of fused-ring (bicyclic) bond motifs is 4.